The summed E-state index contributed by atoms with van der Waals surface area (Å²) in [5, 5.41) is 1.30. The lowest BCUT2D eigenvalue weighted by Gasteiger charge is -2.24. The molecule has 1 fully saturated rings. The summed E-state index contributed by atoms with van der Waals surface area (Å²) in [4.78, 5) is 4.77. The van der Waals surface area contributed by atoms with E-state index < -0.39 is 0 Å². The van der Waals surface area contributed by atoms with Gasteiger partial charge in [-0.15, -0.1) is 11.3 Å². The molecule has 0 atom stereocenters. The minimum Gasteiger partial charge on any atom is -0.328 e. The molecule has 90 valence electrons. The second kappa shape index (κ2) is 4.67. The zero-order chi connectivity index (χ0) is 11.8. The second-order valence-electron chi connectivity index (χ2n) is 4.78. The van der Waals surface area contributed by atoms with E-state index in [1.807, 2.05) is 11.3 Å². The zero-order valence-electron chi connectivity index (χ0n) is 9.53. The Kier molecular flexibility index (Phi) is 3.19. The first-order valence-corrected chi connectivity index (χ1v) is 7.65. The summed E-state index contributed by atoms with van der Waals surface area (Å²) in [7, 11) is 0. The highest BCUT2D eigenvalue weighted by Crippen LogP contribution is 2.36. The van der Waals surface area contributed by atoms with Gasteiger partial charge in [0.15, 0.2) is 0 Å². The minimum absolute atomic E-state index is 0.412. The maximum atomic E-state index is 5.95. The lowest BCUT2D eigenvalue weighted by Crippen LogP contribution is -2.25. The Balaban J connectivity index is 1.90. The molecule has 0 unspecified atom stereocenters. The molecule has 1 aliphatic carbocycles. The topological polar surface area (TPSA) is 38.9 Å². The van der Waals surface area contributed by atoms with Crippen molar-refractivity contribution in [3.8, 4) is 0 Å². The first-order valence-electron chi connectivity index (χ1n) is 6.04. The summed E-state index contributed by atoms with van der Waals surface area (Å²) in [5.41, 5.74) is 7.07. The fourth-order valence-electron chi connectivity index (χ4n) is 2.46. The Morgan fingerprint density at radius 3 is 2.76 bits per heavy atom. The molecule has 1 aromatic heterocycles. The summed E-state index contributed by atoms with van der Waals surface area (Å²) < 4.78 is 2.39. The van der Waals surface area contributed by atoms with Crippen LogP contribution >= 0.6 is 27.3 Å². The molecule has 1 heterocycles. The van der Waals surface area contributed by atoms with Crippen LogP contribution in [-0.2, 0) is 0 Å². The molecule has 2 aromatic rings. The van der Waals surface area contributed by atoms with Crippen molar-refractivity contribution < 1.29 is 0 Å². The number of aromatic nitrogens is 1. The predicted octanol–water partition coefficient (Wildman–Crippen LogP) is 4.04. The van der Waals surface area contributed by atoms with Gasteiger partial charge in [-0.25, -0.2) is 4.98 Å². The van der Waals surface area contributed by atoms with Gasteiger partial charge in [0.1, 0.15) is 0 Å². The maximum Gasteiger partial charge on any atom is 0.0969 e. The van der Waals surface area contributed by atoms with Gasteiger partial charge in [0.25, 0.3) is 0 Å². The normalized spacial score (nSPS) is 25.3. The SMILES string of the molecule is NC1CCC(c2nc3cc(Br)ccc3s2)CC1. The van der Waals surface area contributed by atoms with Crippen molar-refractivity contribution in [3.05, 3.63) is 27.7 Å². The van der Waals surface area contributed by atoms with Gasteiger partial charge in [0.2, 0.25) is 0 Å². The van der Waals surface area contributed by atoms with Crippen molar-refractivity contribution in [3.63, 3.8) is 0 Å². The number of hydrogen-bond acceptors (Lipinski definition) is 3. The van der Waals surface area contributed by atoms with Crippen molar-refractivity contribution in [1.82, 2.24) is 4.98 Å². The highest BCUT2D eigenvalue weighted by atomic mass is 79.9. The lowest BCUT2D eigenvalue weighted by molar-refractivity contribution is 0.395. The molecule has 2 N–H and O–H groups in total. The van der Waals surface area contributed by atoms with Gasteiger partial charge >= 0.3 is 0 Å². The molecule has 0 aliphatic heterocycles. The molecule has 1 aliphatic rings. The molecule has 0 radical (unpaired) electrons. The smallest absolute Gasteiger partial charge is 0.0969 e. The van der Waals surface area contributed by atoms with Gasteiger partial charge in [-0.3, -0.25) is 0 Å². The molecular weight excluding hydrogens is 296 g/mol. The second-order valence-corrected chi connectivity index (χ2v) is 6.75. The maximum absolute atomic E-state index is 5.95. The molecule has 0 saturated heterocycles. The number of rotatable bonds is 1. The Morgan fingerprint density at radius 2 is 2.00 bits per heavy atom. The molecular formula is C13H15BrN2S. The van der Waals surface area contributed by atoms with Gasteiger partial charge in [-0.1, -0.05) is 15.9 Å². The third-order valence-electron chi connectivity index (χ3n) is 3.49. The predicted molar refractivity (Wildman–Crippen MR) is 76.5 cm³/mol. The third kappa shape index (κ3) is 2.39. The van der Waals surface area contributed by atoms with E-state index in [0.29, 0.717) is 12.0 Å². The van der Waals surface area contributed by atoms with E-state index in [1.165, 1.54) is 22.5 Å². The van der Waals surface area contributed by atoms with Crippen LogP contribution in [0.15, 0.2) is 22.7 Å². The standard InChI is InChI=1S/C13H15BrN2S/c14-9-3-6-12-11(7-9)16-13(17-12)8-1-4-10(15)5-2-8/h3,6-8,10H,1-2,4-5,15H2. The van der Waals surface area contributed by atoms with E-state index in [0.717, 1.165) is 22.8 Å². The first kappa shape index (κ1) is 11.6. The van der Waals surface area contributed by atoms with Crippen molar-refractivity contribution in [2.24, 2.45) is 5.73 Å². The summed E-state index contributed by atoms with van der Waals surface area (Å²) in [5.74, 6) is 0.631. The molecule has 1 aromatic carbocycles. The van der Waals surface area contributed by atoms with Crippen LogP contribution in [0.25, 0.3) is 10.2 Å². The average Bonchev–Trinajstić information content (AvgIpc) is 2.72. The van der Waals surface area contributed by atoms with E-state index in [9.17, 15) is 0 Å². The van der Waals surface area contributed by atoms with Crippen molar-refractivity contribution in [2.45, 2.75) is 37.6 Å². The summed E-state index contributed by atoms with van der Waals surface area (Å²) >= 11 is 5.33. The van der Waals surface area contributed by atoms with E-state index in [4.69, 9.17) is 10.7 Å². The van der Waals surface area contributed by atoms with Crippen LogP contribution in [-0.4, -0.2) is 11.0 Å². The van der Waals surface area contributed by atoms with Crippen molar-refractivity contribution in [2.75, 3.05) is 0 Å². The van der Waals surface area contributed by atoms with Crippen LogP contribution in [0, 0.1) is 0 Å². The lowest BCUT2D eigenvalue weighted by atomic mass is 9.87. The molecule has 2 nitrogen and oxygen atoms in total. The van der Waals surface area contributed by atoms with Gasteiger partial charge in [0.05, 0.1) is 15.2 Å². The molecule has 3 rings (SSSR count). The summed E-state index contributed by atoms with van der Waals surface area (Å²) in [6.07, 6.45) is 4.68. The Labute approximate surface area is 113 Å². The molecule has 0 bridgehead atoms. The number of hydrogen-bond donors (Lipinski definition) is 1. The van der Waals surface area contributed by atoms with Gasteiger partial charge in [0, 0.05) is 16.4 Å². The van der Waals surface area contributed by atoms with E-state index in [2.05, 4.69) is 34.1 Å². The van der Waals surface area contributed by atoms with E-state index in [1.54, 1.807) is 0 Å². The van der Waals surface area contributed by atoms with Gasteiger partial charge in [-0.2, -0.15) is 0 Å². The fraction of sp³-hybridized carbons (Fsp3) is 0.462. The number of benzene rings is 1. The Hall–Kier alpha value is -0.450. The van der Waals surface area contributed by atoms with E-state index >= 15 is 0 Å². The van der Waals surface area contributed by atoms with Gasteiger partial charge in [-0.05, 0) is 43.9 Å². The van der Waals surface area contributed by atoms with Crippen LogP contribution in [0.1, 0.15) is 36.6 Å². The highest BCUT2D eigenvalue weighted by molar-refractivity contribution is 9.10. The molecule has 0 amide bonds. The number of fused-ring (bicyclic) bond motifs is 1. The first-order chi connectivity index (χ1) is 8.22. The Bertz CT molecular complexity index is 529. The monoisotopic (exact) mass is 310 g/mol. The average molecular weight is 311 g/mol. The molecule has 4 heteroatoms. The van der Waals surface area contributed by atoms with Gasteiger partial charge < -0.3 is 5.73 Å². The minimum atomic E-state index is 0.412. The zero-order valence-corrected chi connectivity index (χ0v) is 11.9. The van der Waals surface area contributed by atoms with E-state index in [-0.39, 0.29) is 0 Å². The third-order valence-corrected chi connectivity index (χ3v) is 5.18. The number of nitrogens with zero attached hydrogens (tertiary/aromatic N) is 1. The summed E-state index contributed by atoms with van der Waals surface area (Å²) in [6, 6.07) is 6.75. The van der Waals surface area contributed by atoms with Crippen LogP contribution in [0.2, 0.25) is 0 Å². The number of nitrogens with two attached hydrogens (primary N) is 1. The van der Waals surface area contributed by atoms with Crippen molar-refractivity contribution >= 4 is 37.5 Å². The Morgan fingerprint density at radius 1 is 1.24 bits per heavy atom. The largest absolute Gasteiger partial charge is 0.328 e. The molecule has 0 spiro atoms. The van der Waals surface area contributed by atoms with Crippen LogP contribution in [0.3, 0.4) is 0 Å². The molecule has 1 saturated carbocycles. The summed E-state index contributed by atoms with van der Waals surface area (Å²) in [6.45, 7) is 0. The van der Waals surface area contributed by atoms with Crippen molar-refractivity contribution in [1.29, 1.82) is 0 Å². The molecule has 17 heavy (non-hydrogen) atoms. The highest BCUT2D eigenvalue weighted by Gasteiger charge is 2.22. The van der Waals surface area contributed by atoms with Crippen LogP contribution < -0.4 is 5.73 Å². The van der Waals surface area contributed by atoms with Crippen LogP contribution in [0.5, 0.6) is 0 Å². The number of thiazole rings is 1. The number of halogens is 1. The quantitative estimate of drug-likeness (QED) is 0.863. The van der Waals surface area contributed by atoms with Crippen LogP contribution in [0.4, 0.5) is 0 Å². The fourth-order valence-corrected chi connectivity index (χ4v) is 3.93.